The molecule has 6 nitrogen and oxygen atoms in total. The van der Waals surface area contributed by atoms with Crippen LogP contribution in [0.2, 0.25) is 0 Å². The molecule has 0 atom stereocenters. The minimum Gasteiger partial charge on any atom is -0.348 e. The lowest BCUT2D eigenvalue weighted by Gasteiger charge is -2.06. The van der Waals surface area contributed by atoms with Crippen LogP contribution in [0.25, 0.3) is 0 Å². The van der Waals surface area contributed by atoms with Crippen molar-refractivity contribution in [1.29, 1.82) is 0 Å². The van der Waals surface area contributed by atoms with Crippen LogP contribution in [0, 0.1) is 0 Å². The molecule has 0 saturated carbocycles. The van der Waals surface area contributed by atoms with E-state index in [1.165, 1.54) is 0 Å². The first-order valence-electron chi connectivity index (χ1n) is 5.29. The number of hydrogen-bond acceptors (Lipinski definition) is 4. The fourth-order valence-corrected chi connectivity index (χ4v) is 2.19. The summed E-state index contributed by atoms with van der Waals surface area (Å²) in [6, 6.07) is 0. The van der Waals surface area contributed by atoms with E-state index in [1.54, 1.807) is 12.5 Å². The highest BCUT2D eigenvalue weighted by Gasteiger charge is 2.08. The van der Waals surface area contributed by atoms with Gasteiger partial charge in [-0.05, 0) is 6.54 Å². The van der Waals surface area contributed by atoms with Crippen molar-refractivity contribution in [2.75, 3.05) is 25.4 Å². The van der Waals surface area contributed by atoms with Crippen LogP contribution in [0.5, 0.6) is 0 Å². The second kappa shape index (κ2) is 6.62. The van der Waals surface area contributed by atoms with Crippen molar-refractivity contribution in [2.24, 2.45) is 0 Å². The summed E-state index contributed by atoms with van der Waals surface area (Å²) in [5, 5.41) is 2.97. The number of aromatic nitrogens is 2. The van der Waals surface area contributed by atoms with Gasteiger partial charge in [-0.2, -0.15) is 0 Å². The summed E-state index contributed by atoms with van der Waals surface area (Å²) in [6.45, 7) is 3.61. The zero-order valence-electron chi connectivity index (χ0n) is 9.36. The van der Waals surface area contributed by atoms with Gasteiger partial charge in [0.15, 0.2) is 0 Å². The molecule has 0 unspecified atom stereocenters. The van der Waals surface area contributed by atoms with E-state index in [9.17, 15) is 8.42 Å². The lowest BCUT2D eigenvalue weighted by molar-refractivity contribution is 0.577. The van der Waals surface area contributed by atoms with Crippen LogP contribution in [-0.2, 0) is 16.4 Å². The molecule has 0 fully saturated rings. The maximum atomic E-state index is 11.5. The molecular formula is C9H18N4O2S. The molecule has 92 valence electrons. The van der Waals surface area contributed by atoms with Gasteiger partial charge in [-0.1, -0.05) is 6.92 Å². The highest BCUT2D eigenvalue weighted by molar-refractivity contribution is 7.89. The molecule has 3 N–H and O–H groups in total. The Morgan fingerprint density at radius 1 is 1.44 bits per heavy atom. The minimum atomic E-state index is -3.15. The molecule has 0 bridgehead atoms. The molecule has 0 aromatic carbocycles. The highest BCUT2D eigenvalue weighted by Crippen LogP contribution is 1.92. The summed E-state index contributed by atoms with van der Waals surface area (Å²) in [7, 11) is -3.15. The summed E-state index contributed by atoms with van der Waals surface area (Å²) in [4.78, 5) is 6.77. The molecule has 0 aliphatic carbocycles. The van der Waals surface area contributed by atoms with Gasteiger partial charge in [0.2, 0.25) is 10.0 Å². The average Bonchev–Trinajstić information content (AvgIpc) is 2.70. The summed E-state index contributed by atoms with van der Waals surface area (Å²) >= 11 is 0. The third-order valence-electron chi connectivity index (χ3n) is 2.07. The van der Waals surface area contributed by atoms with Crippen LogP contribution in [0.3, 0.4) is 0 Å². The normalized spacial score (nSPS) is 11.8. The number of nitrogens with one attached hydrogen (secondary N) is 3. The topological polar surface area (TPSA) is 86.9 Å². The van der Waals surface area contributed by atoms with Crippen molar-refractivity contribution in [2.45, 2.75) is 13.3 Å². The van der Waals surface area contributed by atoms with Crippen molar-refractivity contribution in [3.8, 4) is 0 Å². The Morgan fingerprint density at radius 2 is 2.25 bits per heavy atom. The van der Waals surface area contributed by atoms with E-state index in [1.807, 2.05) is 6.92 Å². The molecule has 16 heavy (non-hydrogen) atoms. The Hall–Kier alpha value is -0.920. The van der Waals surface area contributed by atoms with Crippen LogP contribution >= 0.6 is 0 Å². The first-order valence-corrected chi connectivity index (χ1v) is 6.94. The molecule has 7 heteroatoms. The SMILES string of the molecule is CCNCCS(=O)(=O)NCCc1cnc[nH]1. The number of aromatic amines is 1. The van der Waals surface area contributed by atoms with Crippen molar-refractivity contribution < 1.29 is 8.42 Å². The van der Waals surface area contributed by atoms with E-state index in [2.05, 4.69) is 20.0 Å². The van der Waals surface area contributed by atoms with Crippen molar-refractivity contribution in [3.63, 3.8) is 0 Å². The number of H-pyrrole nitrogens is 1. The van der Waals surface area contributed by atoms with Gasteiger partial charge in [-0.25, -0.2) is 18.1 Å². The number of imidazole rings is 1. The molecule has 0 aliphatic heterocycles. The molecule has 0 radical (unpaired) electrons. The third kappa shape index (κ3) is 5.24. The van der Waals surface area contributed by atoms with Crippen LogP contribution in [-0.4, -0.2) is 43.8 Å². The van der Waals surface area contributed by atoms with Gasteiger partial charge in [0.25, 0.3) is 0 Å². The maximum absolute atomic E-state index is 11.5. The maximum Gasteiger partial charge on any atom is 0.212 e. The molecule has 1 aromatic heterocycles. The van der Waals surface area contributed by atoms with Gasteiger partial charge < -0.3 is 10.3 Å². The fraction of sp³-hybridized carbons (Fsp3) is 0.667. The molecule has 1 aromatic rings. The van der Waals surface area contributed by atoms with Crippen LogP contribution in [0.1, 0.15) is 12.6 Å². The minimum absolute atomic E-state index is 0.115. The quantitative estimate of drug-likeness (QED) is 0.539. The van der Waals surface area contributed by atoms with Gasteiger partial charge in [0.1, 0.15) is 0 Å². The van der Waals surface area contributed by atoms with Crippen LogP contribution < -0.4 is 10.0 Å². The Morgan fingerprint density at radius 3 is 2.88 bits per heavy atom. The van der Waals surface area contributed by atoms with Crippen LogP contribution in [0.15, 0.2) is 12.5 Å². The van der Waals surface area contributed by atoms with E-state index >= 15 is 0 Å². The highest BCUT2D eigenvalue weighted by atomic mass is 32.2. The van der Waals surface area contributed by atoms with E-state index in [0.717, 1.165) is 12.2 Å². The first kappa shape index (κ1) is 13.1. The zero-order valence-corrected chi connectivity index (χ0v) is 10.2. The van der Waals surface area contributed by atoms with Crippen molar-refractivity contribution >= 4 is 10.0 Å². The number of rotatable bonds is 8. The Balaban J connectivity index is 2.20. The lowest BCUT2D eigenvalue weighted by Crippen LogP contribution is -2.33. The second-order valence-corrected chi connectivity index (χ2v) is 5.32. The second-order valence-electron chi connectivity index (χ2n) is 3.39. The summed E-state index contributed by atoms with van der Waals surface area (Å²) in [6.07, 6.45) is 3.89. The first-order chi connectivity index (χ1) is 7.64. The predicted octanol–water partition coefficient (Wildman–Crippen LogP) is -0.519. The van der Waals surface area contributed by atoms with E-state index < -0.39 is 10.0 Å². The summed E-state index contributed by atoms with van der Waals surface area (Å²) in [5.74, 6) is 0.115. The standard InChI is InChI=1S/C9H18N4O2S/c1-2-10-5-6-16(14,15)13-4-3-9-7-11-8-12-9/h7-8,10,13H,2-6H2,1H3,(H,11,12). The Labute approximate surface area is 95.9 Å². The van der Waals surface area contributed by atoms with Gasteiger partial charge in [0, 0.05) is 31.4 Å². The fourth-order valence-electron chi connectivity index (χ4n) is 1.22. The summed E-state index contributed by atoms with van der Waals surface area (Å²) < 4.78 is 25.5. The van der Waals surface area contributed by atoms with Gasteiger partial charge in [-0.3, -0.25) is 0 Å². The third-order valence-corrected chi connectivity index (χ3v) is 3.45. The van der Waals surface area contributed by atoms with Crippen molar-refractivity contribution in [1.82, 2.24) is 20.0 Å². The monoisotopic (exact) mass is 246 g/mol. The molecule has 1 rings (SSSR count). The predicted molar refractivity (Wildman–Crippen MR) is 62.6 cm³/mol. The number of nitrogens with zero attached hydrogens (tertiary/aromatic N) is 1. The smallest absolute Gasteiger partial charge is 0.212 e. The van der Waals surface area contributed by atoms with Gasteiger partial charge in [0.05, 0.1) is 12.1 Å². The van der Waals surface area contributed by atoms with Crippen molar-refractivity contribution in [3.05, 3.63) is 18.2 Å². The average molecular weight is 246 g/mol. The molecule has 0 amide bonds. The van der Waals surface area contributed by atoms with E-state index in [0.29, 0.717) is 19.5 Å². The molecule has 0 aliphatic rings. The molecular weight excluding hydrogens is 228 g/mol. The van der Waals surface area contributed by atoms with E-state index in [4.69, 9.17) is 0 Å². The van der Waals surface area contributed by atoms with Gasteiger partial charge in [-0.15, -0.1) is 0 Å². The zero-order chi connectivity index (χ0) is 11.9. The number of hydrogen-bond donors (Lipinski definition) is 3. The molecule has 0 spiro atoms. The molecule has 0 saturated heterocycles. The number of sulfonamides is 1. The molecule has 1 heterocycles. The van der Waals surface area contributed by atoms with E-state index in [-0.39, 0.29) is 5.75 Å². The van der Waals surface area contributed by atoms with Gasteiger partial charge >= 0.3 is 0 Å². The van der Waals surface area contributed by atoms with Crippen LogP contribution in [0.4, 0.5) is 0 Å². The Bertz CT molecular complexity index is 374. The lowest BCUT2D eigenvalue weighted by atomic mass is 10.3. The largest absolute Gasteiger partial charge is 0.348 e. The summed E-state index contributed by atoms with van der Waals surface area (Å²) in [5.41, 5.74) is 0.925. The Kier molecular flexibility index (Phi) is 5.44.